The van der Waals surface area contributed by atoms with E-state index in [2.05, 4.69) is 32.1 Å². The van der Waals surface area contributed by atoms with Crippen LogP contribution in [0.3, 0.4) is 0 Å². The summed E-state index contributed by atoms with van der Waals surface area (Å²) in [6.07, 6.45) is 0. The normalized spacial score (nSPS) is 5.92. The Labute approximate surface area is 142 Å². The van der Waals surface area contributed by atoms with Crippen molar-refractivity contribution in [3.63, 3.8) is 0 Å². The summed E-state index contributed by atoms with van der Waals surface area (Å²) in [5.41, 5.74) is 0. The molecule has 78 valence electrons. The van der Waals surface area contributed by atoms with Crippen LogP contribution in [0.15, 0.2) is 0 Å². The van der Waals surface area contributed by atoms with Gasteiger partial charge in [-0.3, -0.25) is 0 Å². The van der Waals surface area contributed by atoms with Crippen molar-refractivity contribution in [1.82, 2.24) is 0 Å². The number of hydrogen-bond donors (Lipinski definition) is 0. The van der Waals surface area contributed by atoms with Crippen molar-refractivity contribution in [2.45, 2.75) is 20.8 Å². The van der Waals surface area contributed by atoms with Crippen molar-refractivity contribution in [3.05, 3.63) is 6.92 Å². The minimum atomic E-state index is 0.833. The topological polar surface area (TPSA) is 0 Å². The summed E-state index contributed by atoms with van der Waals surface area (Å²) < 4.78 is 4.08. The maximum absolute atomic E-state index is 3.62. The van der Waals surface area contributed by atoms with Crippen molar-refractivity contribution in [2.24, 2.45) is 5.92 Å². The third-order valence-electron chi connectivity index (χ3n) is 0.114. The predicted molar refractivity (Wildman–Crippen MR) is 35.9 cm³/mol. The Balaban J connectivity index is -0.0000000457. The summed E-state index contributed by atoms with van der Waals surface area (Å²) >= 11 is 9.47. The van der Waals surface area contributed by atoms with Crippen LogP contribution in [-0.2, 0) is 104 Å². The van der Waals surface area contributed by atoms with E-state index >= 15 is 0 Å². The van der Waals surface area contributed by atoms with Gasteiger partial charge in [-0.15, -0.1) is 0 Å². The Bertz CT molecular complexity index is 107. The van der Waals surface area contributed by atoms with Gasteiger partial charge >= 0.3 is 119 Å². The van der Waals surface area contributed by atoms with E-state index in [0.29, 0.717) is 0 Å². The Morgan fingerprint density at radius 1 is 1.08 bits per heavy atom. The molecular formula is C7H12W6-2. The average Bonchev–Trinajstić information content (AvgIpc) is 2.10. The molecule has 0 unspecified atom stereocenters. The monoisotopic (exact) mass is 1200 g/mol. The van der Waals surface area contributed by atoms with E-state index in [1.807, 2.05) is 0 Å². The van der Waals surface area contributed by atoms with Crippen molar-refractivity contribution in [1.29, 1.82) is 0 Å². The van der Waals surface area contributed by atoms with E-state index < -0.39 is 0 Å². The van der Waals surface area contributed by atoms with Crippen LogP contribution in [0.25, 0.3) is 0 Å². The molecule has 0 N–H and O–H groups in total. The maximum atomic E-state index is 3.62. The van der Waals surface area contributed by atoms with Crippen molar-refractivity contribution < 1.29 is 104 Å². The Morgan fingerprint density at radius 2 is 1.15 bits per heavy atom. The van der Waals surface area contributed by atoms with Crippen molar-refractivity contribution in [2.75, 3.05) is 0 Å². The Morgan fingerprint density at radius 3 is 1.15 bits per heavy atom. The molecule has 0 heterocycles. The first-order valence-corrected chi connectivity index (χ1v) is 28.0. The van der Waals surface area contributed by atoms with Crippen LogP contribution in [-0.4, -0.2) is 8.30 Å². The molecule has 0 amide bonds. The standard InChI is InChI=1S/C4H10.C3H2.6W/c1-4(2)3;1-3-2;;;;;;/h4H,1-3H3;1H2;;;;;;/q;-2;;;;;;. The van der Waals surface area contributed by atoms with Crippen LogP contribution in [0.4, 0.5) is 0 Å². The van der Waals surface area contributed by atoms with Gasteiger partial charge in [-0.05, 0) is 5.92 Å². The van der Waals surface area contributed by atoms with Crippen LogP contribution >= 0.6 is 0 Å². The Hall–Kier alpha value is 3.87. The van der Waals surface area contributed by atoms with Crippen LogP contribution in [0.2, 0.25) is 0 Å². The van der Waals surface area contributed by atoms with Gasteiger partial charge in [0.1, 0.15) is 0 Å². The number of rotatable bonds is 1. The second-order valence-corrected chi connectivity index (χ2v) is 4.76. The molecule has 13 heavy (non-hydrogen) atoms. The molecular weight excluding hydrogens is 1190 g/mol. The fourth-order valence-electron chi connectivity index (χ4n) is 0. The first-order chi connectivity index (χ1) is 6.00. The molecule has 0 saturated heterocycles. The summed E-state index contributed by atoms with van der Waals surface area (Å²) in [7, 11) is 0. The Kier molecular flexibility index (Phi) is 58.6. The molecule has 0 aromatic heterocycles. The fourth-order valence-corrected chi connectivity index (χ4v) is 0. The molecule has 0 aromatic carbocycles. The molecule has 0 spiro atoms. The van der Waals surface area contributed by atoms with Crippen LogP contribution in [0, 0.1) is 12.8 Å². The molecule has 0 bridgehead atoms. The molecule has 0 aliphatic heterocycles. The molecule has 0 nitrogen and oxygen atoms in total. The van der Waals surface area contributed by atoms with Crippen LogP contribution in [0.1, 0.15) is 20.8 Å². The second-order valence-electron chi connectivity index (χ2n) is 2.26. The van der Waals surface area contributed by atoms with E-state index in [1.165, 1.54) is 38.7 Å². The van der Waals surface area contributed by atoms with Crippen molar-refractivity contribution >= 4 is 8.30 Å². The van der Waals surface area contributed by atoms with E-state index in [9.17, 15) is 0 Å². The first kappa shape index (κ1) is 25.7. The van der Waals surface area contributed by atoms with E-state index in [0.717, 1.165) is 9.82 Å². The quantitative estimate of drug-likeness (QED) is 0.350. The predicted octanol–water partition coefficient (Wildman–Crippen LogP) is 1.42. The van der Waals surface area contributed by atoms with Gasteiger partial charge < -0.3 is 0 Å². The second kappa shape index (κ2) is 29.7. The van der Waals surface area contributed by atoms with Gasteiger partial charge in [-0.2, -0.15) is 0 Å². The van der Waals surface area contributed by atoms with Gasteiger partial charge in [0.05, 0.1) is 0 Å². The molecule has 0 fully saturated rings. The molecule has 0 saturated carbocycles. The first-order valence-electron chi connectivity index (χ1n) is 3.08. The summed E-state index contributed by atoms with van der Waals surface area (Å²) in [6, 6.07) is 0. The van der Waals surface area contributed by atoms with Crippen molar-refractivity contribution in [3.8, 4) is 0 Å². The molecule has 0 radical (unpaired) electrons. The van der Waals surface area contributed by atoms with Gasteiger partial charge in [0, 0.05) is 0 Å². The molecule has 0 rings (SSSR count). The van der Waals surface area contributed by atoms with Gasteiger partial charge in [-0.25, -0.2) is 0 Å². The van der Waals surface area contributed by atoms with Gasteiger partial charge in [0.15, 0.2) is 0 Å². The third kappa shape index (κ3) is 88.6. The molecule has 0 aromatic rings. The van der Waals surface area contributed by atoms with Gasteiger partial charge in [-0.1, -0.05) is 20.8 Å². The van der Waals surface area contributed by atoms with Gasteiger partial charge in [0.25, 0.3) is 0 Å². The zero-order chi connectivity index (χ0) is 11.9. The fraction of sp³-hybridized carbons (Fsp3) is 0.571. The van der Waals surface area contributed by atoms with E-state index in [4.69, 9.17) is 0 Å². The average molecular weight is 1200 g/mol. The summed E-state index contributed by atoms with van der Waals surface area (Å²) in [6.45, 7) is 10.1. The zero-order valence-electron chi connectivity index (χ0n) is 7.73. The minimum absolute atomic E-state index is 0.833. The van der Waals surface area contributed by atoms with Crippen LogP contribution in [0.5, 0.6) is 0 Å². The molecule has 6 heteroatoms. The third-order valence-corrected chi connectivity index (χ3v) is 3.38. The zero-order valence-corrected chi connectivity index (χ0v) is 25.3. The summed E-state index contributed by atoms with van der Waals surface area (Å²) in [4.78, 5) is 0. The molecule has 0 aliphatic rings. The molecule has 0 aliphatic carbocycles. The van der Waals surface area contributed by atoms with Crippen LogP contribution < -0.4 is 0 Å². The van der Waals surface area contributed by atoms with E-state index in [-0.39, 0.29) is 0 Å². The summed E-state index contributed by atoms with van der Waals surface area (Å²) in [5.74, 6) is 0.833. The van der Waals surface area contributed by atoms with E-state index in [1.54, 1.807) is 64.9 Å². The number of hydrogen-bond acceptors (Lipinski definition) is 0. The van der Waals surface area contributed by atoms with Gasteiger partial charge in [0.2, 0.25) is 0 Å². The summed E-state index contributed by atoms with van der Waals surface area (Å²) in [5, 5.41) is 0. The SMILES string of the molecule is CC(C)C.[CH2-][C](=[W])[C-]=[W].[W]=[W].[W]=[W]. The molecule has 0 atom stereocenters.